The molecule has 1 saturated heterocycles. The highest BCUT2D eigenvalue weighted by Crippen LogP contribution is 2.25. The van der Waals surface area contributed by atoms with Crippen LogP contribution in [0.25, 0.3) is 0 Å². The van der Waals surface area contributed by atoms with Gasteiger partial charge in [-0.05, 0) is 67.0 Å². The van der Waals surface area contributed by atoms with Crippen molar-refractivity contribution in [1.29, 1.82) is 0 Å². The first-order valence-electron chi connectivity index (χ1n) is 8.12. The van der Waals surface area contributed by atoms with E-state index < -0.39 is 0 Å². The summed E-state index contributed by atoms with van der Waals surface area (Å²) < 4.78 is 2.25. The largest absolute Gasteiger partial charge is 0.384 e. The number of rotatable bonds is 6. The van der Waals surface area contributed by atoms with Gasteiger partial charge in [0.15, 0.2) is 0 Å². The lowest BCUT2D eigenvalue weighted by Gasteiger charge is -2.32. The fourth-order valence-corrected chi connectivity index (χ4v) is 3.48. The van der Waals surface area contributed by atoms with Gasteiger partial charge in [-0.25, -0.2) is 4.31 Å². The predicted octanol–water partition coefficient (Wildman–Crippen LogP) is 4.94. The van der Waals surface area contributed by atoms with Crippen molar-refractivity contribution in [2.75, 3.05) is 6.54 Å². The minimum absolute atomic E-state index is 0.0926. The Labute approximate surface area is 148 Å². The van der Waals surface area contributed by atoms with Gasteiger partial charge in [0.1, 0.15) is 5.84 Å². The lowest BCUT2D eigenvalue weighted by Crippen LogP contribution is -2.43. The van der Waals surface area contributed by atoms with E-state index in [1.54, 1.807) is 11.9 Å². The van der Waals surface area contributed by atoms with Crippen molar-refractivity contribution in [2.45, 2.75) is 39.2 Å². The third-order valence-electron chi connectivity index (χ3n) is 3.67. The Hall–Kier alpha value is -1.92. The first kappa shape index (κ1) is 18.4. The molecule has 6 heteroatoms. The highest BCUT2D eigenvalue weighted by Gasteiger charge is 2.25. The van der Waals surface area contributed by atoms with E-state index in [9.17, 15) is 0 Å². The second-order valence-corrected chi connectivity index (χ2v) is 6.91. The van der Waals surface area contributed by atoms with Crippen LogP contribution in [-0.2, 0) is 0 Å². The number of hydrogen-bond acceptors (Lipinski definition) is 4. The fraction of sp³-hybridized carbons (Fsp3) is 0.389. The molecule has 1 aromatic rings. The fourth-order valence-electron chi connectivity index (χ4n) is 2.43. The molecule has 0 aliphatic carbocycles. The van der Waals surface area contributed by atoms with Crippen molar-refractivity contribution in [3.63, 3.8) is 0 Å². The van der Waals surface area contributed by atoms with E-state index >= 15 is 0 Å². The van der Waals surface area contributed by atoms with Crippen LogP contribution in [-0.4, -0.2) is 22.7 Å². The van der Waals surface area contributed by atoms with Crippen molar-refractivity contribution < 1.29 is 0 Å². The first-order valence-corrected chi connectivity index (χ1v) is 8.96. The molecular weight excluding hydrogens is 318 g/mol. The molecule has 1 heterocycles. The number of allylic oxidation sites excluding steroid dienone is 2. The quantitative estimate of drug-likeness (QED) is 0.199. The molecule has 1 aliphatic rings. The van der Waals surface area contributed by atoms with E-state index in [1.165, 1.54) is 6.42 Å². The molecule has 2 N–H and O–H groups in total. The van der Waals surface area contributed by atoms with Gasteiger partial charge < -0.3 is 5.73 Å². The van der Waals surface area contributed by atoms with E-state index in [-0.39, 0.29) is 6.04 Å². The van der Waals surface area contributed by atoms with E-state index in [0.29, 0.717) is 5.84 Å². The molecule has 0 bridgehead atoms. The van der Waals surface area contributed by atoms with Gasteiger partial charge in [-0.15, -0.1) is 10.2 Å². The summed E-state index contributed by atoms with van der Waals surface area (Å²) in [6.07, 6.45) is 5.31. The average Bonchev–Trinajstić information content (AvgIpc) is 2.55. The van der Waals surface area contributed by atoms with Crippen LogP contribution in [0.1, 0.15) is 31.7 Å². The van der Waals surface area contributed by atoms with Crippen molar-refractivity contribution in [3.05, 3.63) is 53.5 Å². The van der Waals surface area contributed by atoms with Crippen molar-refractivity contribution in [2.24, 2.45) is 21.2 Å². The number of aryl methyl sites for hydroxylation is 1. The number of nitrogens with two attached hydrogens (primary N) is 1. The number of hydrogen-bond donors (Lipinski definition) is 1. The number of piperidine rings is 1. The maximum absolute atomic E-state index is 6.16. The molecule has 1 aromatic carbocycles. The van der Waals surface area contributed by atoms with Crippen LogP contribution in [0.15, 0.2) is 63.3 Å². The van der Waals surface area contributed by atoms with Gasteiger partial charge in [0.25, 0.3) is 0 Å². The van der Waals surface area contributed by atoms with Crippen molar-refractivity contribution >= 4 is 23.5 Å². The van der Waals surface area contributed by atoms with Crippen LogP contribution in [0.3, 0.4) is 0 Å². The summed E-state index contributed by atoms with van der Waals surface area (Å²) in [5.74, 6) is 0.516. The van der Waals surface area contributed by atoms with E-state index in [1.807, 2.05) is 49.6 Å². The molecule has 1 unspecified atom stereocenters. The maximum Gasteiger partial charge on any atom is 0.142 e. The number of amidine groups is 1. The Morgan fingerprint density at radius 1 is 1.42 bits per heavy atom. The monoisotopic (exact) mass is 343 g/mol. The second-order valence-electron chi connectivity index (χ2n) is 5.96. The molecule has 5 nitrogen and oxygen atoms in total. The van der Waals surface area contributed by atoms with E-state index in [0.717, 1.165) is 36.2 Å². The van der Waals surface area contributed by atoms with Crippen LogP contribution in [0.2, 0.25) is 0 Å². The molecule has 0 radical (unpaired) electrons. The summed E-state index contributed by atoms with van der Waals surface area (Å²) in [7, 11) is 0. The average molecular weight is 344 g/mol. The lowest BCUT2D eigenvalue weighted by molar-refractivity contribution is 0.333. The lowest BCUT2D eigenvalue weighted by atomic mass is 10.0. The Balaban J connectivity index is 2.01. The normalized spacial score (nSPS) is 20.1. The number of nitrogens with zero attached hydrogens (tertiary/aromatic N) is 4. The van der Waals surface area contributed by atoms with Gasteiger partial charge in [-0.1, -0.05) is 36.8 Å². The summed E-state index contributed by atoms with van der Waals surface area (Å²) in [6.45, 7) is 8.86. The summed E-state index contributed by atoms with van der Waals surface area (Å²) >= 11 is 1.65. The molecule has 0 amide bonds. The SMILES string of the molecule is C=C(C)/C=C\SN1CCCCC1C(N)=NN=Nc1cccc(C)c1. The Morgan fingerprint density at radius 3 is 3.00 bits per heavy atom. The van der Waals surface area contributed by atoms with Gasteiger partial charge in [0.2, 0.25) is 0 Å². The van der Waals surface area contributed by atoms with Crippen LogP contribution < -0.4 is 5.73 Å². The topological polar surface area (TPSA) is 66.3 Å². The zero-order valence-corrected chi connectivity index (χ0v) is 15.2. The highest BCUT2D eigenvalue weighted by atomic mass is 32.2. The van der Waals surface area contributed by atoms with Gasteiger partial charge in [-0.2, -0.15) is 0 Å². The van der Waals surface area contributed by atoms with E-state index in [4.69, 9.17) is 5.73 Å². The number of benzene rings is 1. The van der Waals surface area contributed by atoms with Gasteiger partial charge >= 0.3 is 0 Å². The smallest absolute Gasteiger partial charge is 0.142 e. The summed E-state index contributed by atoms with van der Waals surface area (Å²) in [6, 6.07) is 7.92. The molecule has 0 spiro atoms. The van der Waals surface area contributed by atoms with Gasteiger partial charge in [0.05, 0.1) is 11.7 Å². The van der Waals surface area contributed by atoms with Crippen molar-refractivity contribution in [3.8, 4) is 0 Å². The van der Waals surface area contributed by atoms with Gasteiger partial charge in [-0.3, -0.25) is 0 Å². The van der Waals surface area contributed by atoms with Crippen LogP contribution >= 0.6 is 11.9 Å². The van der Waals surface area contributed by atoms with Crippen LogP contribution in [0, 0.1) is 6.92 Å². The molecule has 24 heavy (non-hydrogen) atoms. The maximum atomic E-state index is 6.16. The van der Waals surface area contributed by atoms with Gasteiger partial charge in [0, 0.05) is 6.54 Å². The van der Waals surface area contributed by atoms with Crippen molar-refractivity contribution in [1.82, 2.24) is 4.31 Å². The highest BCUT2D eigenvalue weighted by molar-refractivity contribution is 7.99. The zero-order chi connectivity index (χ0) is 17.4. The minimum atomic E-state index is 0.0926. The molecule has 1 aliphatic heterocycles. The van der Waals surface area contributed by atoms with E-state index in [2.05, 4.69) is 26.3 Å². The molecule has 2 rings (SSSR count). The predicted molar refractivity (Wildman–Crippen MR) is 103 cm³/mol. The summed E-state index contributed by atoms with van der Waals surface area (Å²) in [5.41, 5.74) is 9.12. The molecule has 0 aromatic heterocycles. The molecule has 1 atom stereocenters. The Bertz CT molecular complexity index is 651. The molecule has 128 valence electrons. The summed E-state index contributed by atoms with van der Waals surface area (Å²) in [5, 5.41) is 14.2. The third kappa shape index (κ3) is 5.94. The zero-order valence-electron chi connectivity index (χ0n) is 14.4. The second kappa shape index (κ2) is 9.39. The molecule has 1 fully saturated rings. The Morgan fingerprint density at radius 2 is 2.25 bits per heavy atom. The first-order chi connectivity index (χ1) is 11.6. The summed E-state index contributed by atoms with van der Waals surface area (Å²) in [4.78, 5) is 0. The molecular formula is C18H25N5S. The standard InChI is InChI=1S/C18H25N5S/c1-14(2)10-12-24-23-11-5-4-9-17(23)18(19)21-22-20-16-8-6-7-15(3)13-16/h6-8,10,12-13,17H,1,4-5,9,11H2,2-3H3,(H2,19,20,21)/b12-10-. The third-order valence-corrected chi connectivity index (χ3v) is 4.63. The molecule has 0 saturated carbocycles. The van der Waals surface area contributed by atoms with Crippen LogP contribution in [0.5, 0.6) is 0 Å². The Kier molecular flexibility index (Phi) is 7.21. The minimum Gasteiger partial charge on any atom is -0.384 e. The van der Waals surface area contributed by atoms with Crippen LogP contribution in [0.4, 0.5) is 5.69 Å².